The first-order chi connectivity index (χ1) is 16.1. The number of anilines is 1. The van der Waals surface area contributed by atoms with Gasteiger partial charge in [-0.15, -0.1) is 0 Å². The Bertz CT molecular complexity index is 1420. The lowest BCUT2D eigenvalue weighted by Gasteiger charge is -2.13. The van der Waals surface area contributed by atoms with Crippen molar-refractivity contribution in [2.45, 2.75) is 6.18 Å². The molecule has 0 aliphatic rings. The molecule has 10 heteroatoms. The smallest absolute Gasteiger partial charge is 0.450 e. The summed E-state index contributed by atoms with van der Waals surface area (Å²) in [5.41, 5.74) is -1.29. The fourth-order valence-electron chi connectivity index (χ4n) is 3.22. The number of fused-ring (bicyclic) bond motifs is 1. The Morgan fingerprint density at radius 3 is 2.18 bits per heavy atom. The number of alkyl halides is 3. The van der Waals surface area contributed by atoms with Crippen LogP contribution in [0.1, 0.15) is 5.76 Å². The number of hydrogen-bond donors (Lipinski definition) is 1. The Balaban J connectivity index is 1.64. The van der Waals surface area contributed by atoms with Crippen LogP contribution in [0, 0.1) is 0 Å². The van der Waals surface area contributed by atoms with Crippen LogP contribution in [-0.2, 0) is 11.0 Å². The van der Waals surface area contributed by atoms with Gasteiger partial charge in [-0.3, -0.25) is 9.59 Å². The molecule has 4 rings (SSSR count). The van der Waals surface area contributed by atoms with Gasteiger partial charge in [0.2, 0.25) is 11.2 Å². The Morgan fingerprint density at radius 2 is 1.56 bits per heavy atom. The van der Waals surface area contributed by atoms with Crippen LogP contribution in [0.5, 0.6) is 5.75 Å². The van der Waals surface area contributed by atoms with E-state index in [9.17, 15) is 22.8 Å². The summed E-state index contributed by atoms with van der Waals surface area (Å²) >= 11 is 11.6. The standard InChI is InChI=1S/C24H14Cl2F3NO4/c25-14-3-1-13(2-4-14)21-22(32)18-10-9-17(11-19(18)34-23(21)24(27,28)29)33-12-20(31)30-16-7-5-15(26)6-8-16/h1-11H,12H2,(H,30,31). The highest BCUT2D eigenvalue weighted by molar-refractivity contribution is 6.31. The van der Waals surface area contributed by atoms with Crippen molar-refractivity contribution in [1.29, 1.82) is 0 Å². The number of carbonyl (C=O) groups excluding carboxylic acids is 1. The van der Waals surface area contributed by atoms with Gasteiger partial charge in [0.25, 0.3) is 5.91 Å². The monoisotopic (exact) mass is 507 g/mol. The van der Waals surface area contributed by atoms with Crippen LogP contribution in [-0.4, -0.2) is 12.5 Å². The minimum atomic E-state index is -4.93. The van der Waals surface area contributed by atoms with Crippen LogP contribution >= 0.6 is 23.2 Å². The van der Waals surface area contributed by atoms with Crippen LogP contribution in [0.15, 0.2) is 75.9 Å². The van der Waals surface area contributed by atoms with Crippen LogP contribution in [0.25, 0.3) is 22.1 Å². The molecule has 174 valence electrons. The van der Waals surface area contributed by atoms with Crippen LogP contribution < -0.4 is 15.5 Å². The number of nitrogens with one attached hydrogen (secondary N) is 1. The number of carbonyl (C=O) groups is 1. The van der Waals surface area contributed by atoms with E-state index in [0.717, 1.165) is 6.07 Å². The first kappa shape index (κ1) is 23.7. The molecule has 0 saturated heterocycles. The topological polar surface area (TPSA) is 68.5 Å². The van der Waals surface area contributed by atoms with Crippen molar-refractivity contribution >= 4 is 45.8 Å². The summed E-state index contributed by atoms with van der Waals surface area (Å²) in [6, 6.07) is 15.6. The number of benzene rings is 3. The molecule has 0 atom stereocenters. The molecule has 3 aromatic carbocycles. The fraction of sp³-hybridized carbons (Fsp3) is 0.0833. The van der Waals surface area contributed by atoms with Gasteiger partial charge in [0.1, 0.15) is 11.3 Å². The van der Waals surface area contributed by atoms with Crippen molar-refractivity contribution in [2.75, 3.05) is 11.9 Å². The van der Waals surface area contributed by atoms with Crippen molar-refractivity contribution in [3.63, 3.8) is 0 Å². The van der Waals surface area contributed by atoms with Gasteiger partial charge in [0.15, 0.2) is 6.61 Å². The molecule has 0 spiro atoms. The quantitative estimate of drug-likeness (QED) is 0.322. The van der Waals surface area contributed by atoms with E-state index in [1.165, 1.54) is 36.4 Å². The molecule has 0 aliphatic carbocycles. The predicted molar refractivity (Wildman–Crippen MR) is 124 cm³/mol. The molecule has 5 nitrogen and oxygen atoms in total. The highest BCUT2D eigenvalue weighted by Gasteiger charge is 2.39. The second kappa shape index (κ2) is 9.40. The predicted octanol–water partition coefficient (Wildman–Crippen LogP) is 6.80. The molecule has 0 unspecified atom stereocenters. The summed E-state index contributed by atoms with van der Waals surface area (Å²) in [5.74, 6) is -1.89. The van der Waals surface area contributed by atoms with E-state index < -0.39 is 35.4 Å². The first-order valence-corrected chi connectivity index (χ1v) is 10.5. The maximum atomic E-state index is 13.8. The lowest BCUT2D eigenvalue weighted by molar-refractivity contribution is -0.152. The summed E-state index contributed by atoms with van der Waals surface area (Å²) in [4.78, 5) is 25.1. The average Bonchev–Trinajstić information content (AvgIpc) is 2.79. The zero-order valence-electron chi connectivity index (χ0n) is 17.1. The van der Waals surface area contributed by atoms with E-state index in [1.54, 1.807) is 24.3 Å². The van der Waals surface area contributed by atoms with Gasteiger partial charge in [-0.25, -0.2) is 0 Å². The number of halogens is 5. The van der Waals surface area contributed by atoms with E-state index in [-0.39, 0.29) is 22.3 Å². The van der Waals surface area contributed by atoms with E-state index in [2.05, 4.69) is 5.32 Å². The highest BCUT2D eigenvalue weighted by Crippen LogP contribution is 2.38. The van der Waals surface area contributed by atoms with Gasteiger partial charge in [-0.05, 0) is 54.1 Å². The Hall–Kier alpha value is -3.49. The van der Waals surface area contributed by atoms with Gasteiger partial charge >= 0.3 is 6.18 Å². The minimum Gasteiger partial charge on any atom is -0.484 e. The fourth-order valence-corrected chi connectivity index (χ4v) is 3.47. The van der Waals surface area contributed by atoms with Gasteiger partial charge in [0.05, 0.1) is 10.9 Å². The first-order valence-electron chi connectivity index (χ1n) is 9.74. The molecule has 0 radical (unpaired) electrons. The van der Waals surface area contributed by atoms with E-state index in [0.29, 0.717) is 15.7 Å². The van der Waals surface area contributed by atoms with Gasteiger partial charge in [-0.2, -0.15) is 13.2 Å². The van der Waals surface area contributed by atoms with E-state index in [1.807, 2.05) is 0 Å². The normalized spacial score (nSPS) is 11.4. The van der Waals surface area contributed by atoms with Gasteiger partial charge in [0, 0.05) is 21.8 Å². The van der Waals surface area contributed by atoms with Crippen LogP contribution in [0.4, 0.5) is 18.9 Å². The summed E-state index contributed by atoms with van der Waals surface area (Å²) in [6.45, 7) is -0.423. The molecule has 34 heavy (non-hydrogen) atoms. The molecule has 0 fully saturated rings. The van der Waals surface area contributed by atoms with Crippen molar-refractivity contribution in [1.82, 2.24) is 0 Å². The third-order valence-corrected chi connectivity index (χ3v) is 5.26. The van der Waals surface area contributed by atoms with Crippen molar-refractivity contribution in [2.24, 2.45) is 0 Å². The Morgan fingerprint density at radius 1 is 0.941 bits per heavy atom. The third-order valence-electron chi connectivity index (χ3n) is 4.75. The maximum absolute atomic E-state index is 13.8. The molecule has 1 heterocycles. The molecule has 1 N–H and O–H groups in total. The highest BCUT2D eigenvalue weighted by atomic mass is 35.5. The Kier molecular flexibility index (Phi) is 6.54. The van der Waals surface area contributed by atoms with Crippen molar-refractivity contribution < 1.29 is 27.1 Å². The minimum absolute atomic E-state index is 0.0200. The van der Waals surface area contributed by atoms with E-state index >= 15 is 0 Å². The van der Waals surface area contributed by atoms with E-state index in [4.69, 9.17) is 32.4 Å². The molecule has 4 aromatic rings. The van der Waals surface area contributed by atoms with Crippen LogP contribution in [0.3, 0.4) is 0 Å². The van der Waals surface area contributed by atoms with Crippen LogP contribution in [0.2, 0.25) is 10.0 Å². The Labute approximate surface area is 200 Å². The molecule has 0 aliphatic heterocycles. The molecule has 0 bridgehead atoms. The summed E-state index contributed by atoms with van der Waals surface area (Å²) in [5, 5.41) is 3.33. The number of hydrogen-bond acceptors (Lipinski definition) is 4. The molecule has 1 aromatic heterocycles. The summed E-state index contributed by atoms with van der Waals surface area (Å²) in [6.07, 6.45) is -4.93. The molecule has 0 saturated carbocycles. The summed E-state index contributed by atoms with van der Waals surface area (Å²) < 4.78 is 51.8. The van der Waals surface area contributed by atoms with Crippen molar-refractivity contribution in [3.05, 3.63) is 92.8 Å². The maximum Gasteiger partial charge on any atom is 0.450 e. The molecular weight excluding hydrogens is 494 g/mol. The SMILES string of the molecule is O=C(COc1ccc2c(=O)c(-c3ccc(Cl)cc3)c(C(F)(F)F)oc2c1)Nc1ccc(Cl)cc1. The second-order valence-electron chi connectivity index (χ2n) is 7.14. The average molecular weight is 508 g/mol. The molecular formula is C24H14Cl2F3NO4. The zero-order chi connectivity index (χ0) is 24.5. The largest absolute Gasteiger partial charge is 0.484 e. The second-order valence-corrected chi connectivity index (χ2v) is 8.01. The molecule has 1 amide bonds. The number of amides is 1. The van der Waals surface area contributed by atoms with Crippen molar-refractivity contribution in [3.8, 4) is 16.9 Å². The lowest BCUT2D eigenvalue weighted by atomic mass is 10.0. The van der Waals surface area contributed by atoms with Gasteiger partial charge in [-0.1, -0.05) is 35.3 Å². The zero-order valence-corrected chi connectivity index (χ0v) is 18.6. The van der Waals surface area contributed by atoms with Gasteiger partial charge < -0.3 is 14.5 Å². The lowest BCUT2D eigenvalue weighted by Crippen LogP contribution is -2.20. The number of ether oxygens (including phenoxy) is 1. The number of rotatable bonds is 5. The third kappa shape index (κ3) is 5.18. The summed E-state index contributed by atoms with van der Waals surface area (Å²) in [7, 11) is 0.